The van der Waals surface area contributed by atoms with Gasteiger partial charge in [-0.05, 0) is 17.2 Å². The number of nitrogens with one attached hydrogen (secondary N) is 1. The molecule has 0 fully saturated rings. The highest BCUT2D eigenvalue weighted by atomic mass is 16.5. The molecular weight excluding hydrogens is 166 g/mol. The summed E-state index contributed by atoms with van der Waals surface area (Å²) < 4.78 is 5.01. The van der Waals surface area contributed by atoms with E-state index < -0.39 is 0 Å². The normalized spacial score (nSPS) is 14.1. The van der Waals surface area contributed by atoms with Crippen molar-refractivity contribution >= 4 is 5.91 Å². The van der Waals surface area contributed by atoms with Crippen molar-refractivity contribution in [2.75, 3.05) is 7.11 Å². The summed E-state index contributed by atoms with van der Waals surface area (Å²) >= 11 is 0. The van der Waals surface area contributed by atoms with Crippen LogP contribution in [0.15, 0.2) is 18.2 Å². The molecule has 0 saturated heterocycles. The molecule has 0 saturated carbocycles. The van der Waals surface area contributed by atoms with E-state index in [2.05, 4.69) is 5.32 Å². The number of hydrogen-bond donors (Lipinski definition) is 1. The van der Waals surface area contributed by atoms with Gasteiger partial charge in [-0.15, -0.1) is 0 Å². The first-order chi connectivity index (χ1) is 6.31. The zero-order valence-electron chi connectivity index (χ0n) is 7.46. The smallest absolute Gasteiger partial charge is 0.251 e. The third-order valence-electron chi connectivity index (χ3n) is 2.16. The van der Waals surface area contributed by atoms with E-state index in [1.165, 1.54) is 0 Å². The Morgan fingerprint density at radius 3 is 3.15 bits per heavy atom. The van der Waals surface area contributed by atoms with Crippen LogP contribution in [0.2, 0.25) is 0 Å². The number of methoxy groups -OCH3 is 1. The molecule has 1 amide bonds. The molecule has 0 spiro atoms. The van der Waals surface area contributed by atoms with Crippen LogP contribution in [0.25, 0.3) is 0 Å². The van der Waals surface area contributed by atoms with Gasteiger partial charge in [0, 0.05) is 19.2 Å². The van der Waals surface area contributed by atoms with Crippen molar-refractivity contribution < 1.29 is 9.53 Å². The van der Waals surface area contributed by atoms with E-state index >= 15 is 0 Å². The standard InChI is InChI=1S/C10H11NO2/c1-13-6-7-2-3-9-8(4-7)5-11-10(9)12/h2-4H,5-6H2,1H3,(H,11,12). The second kappa shape index (κ2) is 3.18. The van der Waals surface area contributed by atoms with E-state index in [1.54, 1.807) is 7.11 Å². The first kappa shape index (κ1) is 8.26. The molecule has 1 aromatic carbocycles. The minimum absolute atomic E-state index is 0.0268. The second-order valence-corrected chi connectivity index (χ2v) is 3.11. The highest BCUT2D eigenvalue weighted by Crippen LogP contribution is 2.17. The van der Waals surface area contributed by atoms with E-state index in [0.29, 0.717) is 13.2 Å². The molecule has 0 unspecified atom stereocenters. The predicted octanol–water partition coefficient (Wildman–Crippen LogP) is 1.08. The fourth-order valence-electron chi connectivity index (χ4n) is 1.54. The van der Waals surface area contributed by atoms with Crippen molar-refractivity contribution in [2.24, 2.45) is 0 Å². The maximum absolute atomic E-state index is 11.2. The van der Waals surface area contributed by atoms with Gasteiger partial charge in [0.15, 0.2) is 0 Å². The van der Waals surface area contributed by atoms with Crippen LogP contribution in [0.3, 0.4) is 0 Å². The Bertz CT molecular complexity index is 347. The lowest BCUT2D eigenvalue weighted by Gasteiger charge is -2.01. The molecule has 1 aromatic rings. The fourth-order valence-corrected chi connectivity index (χ4v) is 1.54. The number of carbonyl (C=O) groups is 1. The van der Waals surface area contributed by atoms with E-state index in [4.69, 9.17) is 4.74 Å². The Morgan fingerprint density at radius 1 is 1.54 bits per heavy atom. The minimum atomic E-state index is 0.0268. The summed E-state index contributed by atoms with van der Waals surface area (Å²) in [4.78, 5) is 11.2. The van der Waals surface area contributed by atoms with Crippen molar-refractivity contribution in [3.05, 3.63) is 34.9 Å². The van der Waals surface area contributed by atoms with Crippen molar-refractivity contribution in [3.63, 3.8) is 0 Å². The maximum Gasteiger partial charge on any atom is 0.251 e. The highest BCUT2D eigenvalue weighted by molar-refractivity contribution is 5.98. The number of benzene rings is 1. The van der Waals surface area contributed by atoms with Crippen LogP contribution in [0.4, 0.5) is 0 Å². The molecule has 0 bridgehead atoms. The van der Waals surface area contributed by atoms with Gasteiger partial charge in [-0.3, -0.25) is 4.79 Å². The highest BCUT2D eigenvalue weighted by Gasteiger charge is 2.17. The van der Waals surface area contributed by atoms with Crippen molar-refractivity contribution in [3.8, 4) is 0 Å². The molecule has 13 heavy (non-hydrogen) atoms. The average Bonchev–Trinajstić information content (AvgIpc) is 2.48. The molecule has 3 heteroatoms. The van der Waals surface area contributed by atoms with Crippen LogP contribution in [0.5, 0.6) is 0 Å². The van der Waals surface area contributed by atoms with Gasteiger partial charge < -0.3 is 10.1 Å². The summed E-state index contributed by atoms with van der Waals surface area (Å²) in [6.07, 6.45) is 0. The molecule has 3 nitrogen and oxygen atoms in total. The van der Waals surface area contributed by atoms with Gasteiger partial charge >= 0.3 is 0 Å². The van der Waals surface area contributed by atoms with Crippen molar-refractivity contribution in [1.82, 2.24) is 5.32 Å². The molecule has 1 heterocycles. The van der Waals surface area contributed by atoms with E-state index in [-0.39, 0.29) is 5.91 Å². The lowest BCUT2D eigenvalue weighted by molar-refractivity contribution is 0.0965. The van der Waals surface area contributed by atoms with E-state index in [9.17, 15) is 4.79 Å². The predicted molar refractivity (Wildman–Crippen MR) is 48.3 cm³/mol. The third-order valence-corrected chi connectivity index (χ3v) is 2.16. The topological polar surface area (TPSA) is 38.3 Å². The number of ether oxygens (including phenoxy) is 1. The largest absolute Gasteiger partial charge is 0.380 e. The summed E-state index contributed by atoms with van der Waals surface area (Å²) in [6, 6.07) is 5.79. The Balaban J connectivity index is 2.34. The van der Waals surface area contributed by atoms with Crippen LogP contribution < -0.4 is 5.32 Å². The molecule has 1 aliphatic rings. The molecular formula is C10H11NO2. The number of hydrogen-bond acceptors (Lipinski definition) is 2. The number of amides is 1. The minimum Gasteiger partial charge on any atom is -0.380 e. The Labute approximate surface area is 76.7 Å². The van der Waals surface area contributed by atoms with Gasteiger partial charge in [0.2, 0.25) is 0 Å². The van der Waals surface area contributed by atoms with E-state index in [0.717, 1.165) is 16.7 Å². The lowest BCUT2D eigenvalue weighted by Crippen LogP contribution is -2.12. The first-order valence-corrected chi connectivity index (χ1v) is 4.20. The SMILES string of the molecule is COCc1ccc2c(c1)CNC2=O. The summed E-state index contributed by atoms with van der Waals surface area (Å²) in [5.74, 6) is 0.0268. The zero-order chi connectivity index (χ0) is 9.26. The Kier molecular flexibility index (Phi) is 2.02. The third kappa shape index (κ3) is 1.42. The van der Waals surface area contributed by atoms with E-state index in [1.807, 2.05) is 18.2 Å². The van der Waals surface area contributed by atoms with Gasteiger partial charge in [0.1, 0.15) is 0 Å². The molecule has 0 aliphatic carbocycles. The molecule has 0 atom stereocenters. The maximum atomic E-state index is 11.2. The average molecular weight is 177 g/mol. The van der Waals surface area contributed by atoms with Crippen LogP contribution in [0.1, 0.15) is 21.5 Å². The molecule has 0 radical (unpaired) electrons. The molecule has 0 aromatic heterocycles. The summed E-state index contributed by atoms with van der Waals surface area (Å²) in [5.41, 5.74) is 2.97. The Hall–Kier alpha value is -1.35. The van der Waals surface area contributed by atoms with Gasteiger partial charge in [-0.2, -0.15) is 0 Å². The van der Waals surface area contributed by atoms with Crippen molar-refractivity contribution in [2.45, 2.75) is 13.2 Å². The molecule has 1 aliphatic heterocycles. The van der Waals surface area contributed by atoms with Gasteiger partial charge in [-0.25, -0.2) is 0 Å². The Morgan fingerprint density at radius 2 is 2.38 bits per heavy atom. The fraction of sp³-hybridized carbons (Fsp3) is 0.300. The second-order valence-electron chi connectivity index (χ2n) is 3.11. The van der Waals surface area contributed by atoms with Gasteiger partial charge in [0.25, 0.3) is 5.91 Å². The molecule has 1 N–H and O–H groups in total. The number of carbonyl (C=O) groups excluding carboxylic acids is 1. The van der Waals surface area contributed by atoms with Gasteiger partial charge in [0.05, 0.1) is 6.61 Å². The van der Waals surface area contributed by atoms with Crippen LogP contribution in [0, 0.1) is 0 Å². The molecule has 68 valence electrons. The summed E-state index contributed by atoms with van der Waals surface area (Å²) in [5, 5.41) is 2.77. The summed E-state index contributed by atoms with van der Waals surface area (Å²) in [6.45, 7) is 1.24. The first-order valence-electron chi connectivity index (χ1n) is 4.20. The van der Waals surface area contributed by atoms with Gasteiger partial charge in [-0.1, -0.05) is 12.1 Å². The zero-order valence-corrected chi connectivity index (χ0v) is 7.46. The number of fused-ring (bicyclic) bond motifs is 1. The monoisotopic (exact) mass is 177 g/mol. The van der Waals surface area contributed by atoms with Crippen LogP contribution in [-0.4, -0.2) is 13.0 Å². The number of rotatable bonds is 2. The quantitative estimate of drug-likeness (QED) is 0.734. The summed E-state index contributed by atoms with van der Waals surface area (Å²) in [7, 11) is 1.66. The van der Waals surface area contributed by atoms with Crippen LogP contribution in [-0.2, 0) is 17.9 Å². The van der Waals surface area contributed by atoms with Crippen LogP contribution >= 0.6 is 0 Å². The molecule has 2 rings (SSSR count). The lowest BCUT2D eigenvalue weighted by atomic mass is 10.1. The van der Waals surface area contributed by atoms with Crippen molar-refractivity contribution in [1.29, 1.82) is 0 Å².